The molecule has 0 amide bonds. The summed E-state index contributed by atoms with van der Waals surface area (Å²) in [6, 6.07) is 21.3. The third-order valence-corrected chi connectivity index (χ3v) is 3.80. The van der Waals surface area contributed by atoms with Gasteiger partial charge in [-0.25, -0.2) is 0 Å². The lowest BCUT2D eigenvalue weighted by Crippen LogP contribution is -2.02. The average molecular weight is 288 g/mol. The molecule has 0 aliphatic carbocycles. The molecule has 0 bridgehead atoms. The molecule has 0 saturated heterocycles. The number of hydrazone groups is 1. The predicted octanol–water partition coefficient (Wildman–Crippen LogP) is 4.71. The molecule has 0 aliphatic rings. The van der Waals surface area contributed by atoms with E-state index in [1.807, 2.05) is 25.3 Å². The van der Waals surface area contributed by atoms with Crippen LogP contribution in [-0.4, -0.2) is 25.3 Å². The Morgan fingerprint density at radius 3 is 2.36 bits per heavy atom. The van der Waals surface area contributed by atoms with Gasteiger partial charge in [0.25, 0.3) is 0 Å². The molecule has 22 heavy (non-hydrogen) atoms. The molecule has 0 unspecified atom stereocenters. The molecule has 0 N–H and O–H groups in total. The summed E-state index contributed by atoms with van der Waals surface area (Å²) < 4.78 is 0. The fourth-order valence-corrected chi connectivity index (χ4v) is 2.73. The summed E-state index contributed by atoms with van der Waals surface area (Å²) in [6.45, 7) is 2.16. The highest BCUT2D eigenvalue weighted by Gasteiger charge is 2.10. The van der Waals surface area contributed by atoms with E-state index in [4.69, 9.17) is 0 Å². The largest absolute Gasteiger partial charge is 0.303 e. The highest BCUT2D eigenvalue weighted by Crippen LogP contribution is 2.33. The van der Waals surface area contributed by atoms with E-state index in [-0.39, 0.29) is 0 Å². The van der Waals surface area contributed by atoms with E-state index >= 15 is 0 Å². The molecule has 3 aromatic carbocycles. The molecule has 0 heterocycles. The Bertz CT molecular complexity index is 832. The van der Waals surface area contributed by atoms with Crippen LogP contribution in [-0.2, 0) is 0 Å². The van der Waals surface area contributed by atoms with Crippen molar-refractivity contribution in [1.29, 1.82) is 0 Å². The highest BCUT2D eigenvalue weighted by molar-refractivity contribution is 6.05. The van der Waals surface area contributed by atoms with Crippen LogP contribution in [0.1, 0.15) is 11.1 Å². The van der Waals surface area contributed by atoms with Gasteiger partial charge in [0.05, 0.1) is 6.21 Å². The fraction of sp³-hybridized carbons (Fsp3) is 0.150. The normalized spacial score (nSPS) is 11.2. The molecule has 0 atom stereocenters. The van der Waals surface area contributed by atoms with Crippen molar-refractivity contribution < 1.29 is 0 Å². The Kier molecular flexibility index (Phi) is 3.92. The molecule has 0 aromatic heterocycles. The van der Waals surface area contributed by atoms with Gasteiger partial charge in [-0.1, -0.05) is 60.7 Å². The van der Waals surface area contributed by atoms with Crippen molar-refractivity contribution in [1.82, 2.24) is 5.01 Å². The predicted molar refractivity (Wildman–Crippen MR) is 95.4 cm³/mol. The lowest BCUT2D eigenvalue weighted by molar-refractivity contribution is 0.440. The lowest BCUT2D eigenvalue weighted by Gasteiger charge is -2.14. The minimum absolute atomic E-state index is 1.14. The quantitative estimate of drug-likeness (QED) is 0.503. The first-order chi connectivity index (χ1) is 10.7. The molecule has 0 saturated carbocycles. The second-order valence-corrected chi connectivity index (χ2v) is 5.66. The summed E-state index contributed by atoms with van der Waals surface area (Å²) in [4.78, 5) is 0. The maximum Gasteiger partial charge on any atom is 0.0549 e. The lowest BCUT2D eigenvalue weighted by atomic mass is 9.91. The van der Waals surface area contributed by atoms with Gasteiger partial charge >= 0.3 is 0 Å². The Labute approximate surface area is 131 Å². The van der Waals surface area contributed by atoms with Crippen LogP contribution in [0.3, 0.4) is 0 Å². The summed E-state index contributed by atoms with van der Waals surface area (Å²) in [7, 11) is 3.87. The molecule has 0 radical (unpaired) electrons. The highest BCUT2D eigenvalue weighted by atomic mass is 15.4. The van der Waals surface area contributed by atoms with Gasteiger partial charge in [-0.3, -0.25) is 0 Å². The number of hydrogen-bond donors (Lipinski definition) is 0. The minimum atomic E-state index is 1.14. The fourth-order valence-electron chi connectivity index (χ4n) is 2.73. The first-order valence-electron chi connectivity index (χ1n) is 7.46. The minimum Gasteiger partial charge on any atom is -0.303 e. The van der Waals surface area contributed by atoms with Crippen molar-refractivity contribution in [2.75, 3.05) is 14.1 Å². The summed E-state index contributed by atoms with van der Waals surface area (Å²) in [5.41, 5.74) is 4.93. The number of fused-ring (bicyclic) bond motifs is 1. The third kappa shape index (κ3) is 2.73. The van der Waals surface area contributed by atoms with Crippen molar-refractivity contribution >= 4 is 17.0 Å². The average Bonchev–Trinajstić information content (AvgIpc) is 2.53. The molecule has 0 spiro atoms. The van der Waals surface area contributed by atoms with Gasteiger partial charge in [-0.05, 0) is 34.4 Å². The van der Waals surface area contributed by atoms with E-state index in [9.17, 15) is 0 Å². The molecular formula is C20H20N2. The van der Waals surface area contributed by atoms with Gasteiger partial charge in [0.2, 0.25) is 0 Å². The molecule has 2 heteroatoms. The van der Waals surface area contributed by atoms with Crippen LogP contribution in [0.25, 0.3) is 21.9 Å². The SMILES string of the molecule is Cc1ccccc1-c1c(/C=N\N(C)C)ccc2ccccc12. The topological polar surface area (TPSA) is 15.6 Å². The Balaban J connectivity index is 2.32. The molecule has 0 fully saturated rings. The summed E-state index contributed by atoms with van der Waals surface area (Å²) in [5, 5.41) is 8.76. The van der Waals surface area contributed by atoms with Gasteiger partial charge in [-0.2, -0.15) is 5.10 Å². The molecule has 2 nitrogen and oxygen atoms in total. The zero-order valence-electron chi connectivity index (χ0n) is 13.2. The van der Waals surface area contributed by atoms with Gasteiger partial charge in [-0.15, -0.1) is 0 Å². The third-order valence-electron chi connectivity index (χ3n) is 3.80. The number of rotatable bonds is 3. The summed E-state index contributed by atoms with van der Waals surface area (Å²) >= 11 is 0. The molecule has 0 aliphatic heterocycles. The van der Waals surface area contributed by atoms with E-state index in [0.717, 1.165) is 5.56 Å². The number of benzene rings is 3. The van der Waals surface area contributed by atoms with Crippen molar-refractivity contribution in [3.63, 3.8) is 0 Å². The first-order valence-corrected chi connectivity index (χ1v) is 7.46. The van der Waals surface area contributed by atoms with Crippen LogP contribution in [0.2, 0.25) is 0 Å². The van der Waals surface area contributed by atoms with Crippen molar-refractivity contribution in [3.8, 4) is 11.1 Å². The van der Waals surface area contributed by atoms with E-state index in [1.54, 1.807) is 0 Å². The zero-order chi connectivity index (χ0) is 15.5. The van der Waals surface area contributed by atoms with Gasteiger partial charge < -0.3 is 5.01 Å². The maximum absolute atomic E-state index is 4.43. The van der Waals surface area contributed by atoms with Crippen LogP contribution in [0.4, 0.5) is 0 Å². The van der Waals surface area contributed by atoms with Gasteiger partial charge in [0, 0.05) is 19.7 Å². The molecular weight excluding hydrogens is 268 g/mol. The van der Waals surface area contributed by atoms with E-state index in [2.05, 4.69) is 72.7 Å². The smallest absolute Gasteiger partial charge is 0.0549 e. The van der Waals surface area contributed by atoms with Crippen LogP contribution in [0, 0.1) is 6.92 Å². The Morgan fingerprint density at radius 1 is 0.864 bits per heavy atom. The molecule has 3 aromatic rings. The van der Waals surface area contributed by atoms with E-state index in [1.165, 1.54) is 27.5 Å². The Hall–Kier alpha value is -2.61. The standard InChI is InChI=1S/C20H20N2/c1-15-8-4-6-10-18(15)20-17(14-21-22(2)3)13-12-16-9-5-7-11-19(16)20/h4-14H,1-3H3/b21-14-. The van der Waals surface area contributed by atoms with Gasteiger partial charge in [0.15, 0.2) is 0 Å². The number of aryl methyl sites for hydroxylation is 1. The van der Waals surface area contributed by atoms with E-state index in [0.29, 0.717) is 0 Å². The molecule has 3 rings (SSSR count). The van der Waals surface area contributed by atoms with Crippen molar-refractivity contribution in [2.24, 2.45) is 5.10 Å². The van der Waals surface area contributed by atoms with Crippen molar-refractivity contribution in [2.45, 2.75) is 6.92 Å². The number of hydrogen-bond acceptors (Lipinski definition) is 2. The van der Waals surface area contributed by atoms with Crippen LogP contribution in [0.15, 0.2) is 65.8 Å². The maximum atomic E-state index is 4.43. The first kappa shape index (κ1) is 14.3. The van der Waals surface area contributed by atoms with Gasteiger partial charge in [0.1, 0.15) is 0 Å². The monoisotopic (exact) mass is 288 g/mol. The second-order valence-electron chi connectivity index (χ2n) is 5.66. The second kappa shape index (κ2) is 6.02. The van der Waals surface area contributed by atoms with Crippen LogP contribution >= 0.6 is 0 Å². The van der Waals surface area contributed by atoms with Crippen molar-refractivity contribution in [3.05, 3.63) is 71.8 Å². The van der Waals surface area contributed by atoms with Crippen LogP contribution in [0.5, 0.6) is 0 Å². The summed E-state index contributed by atoms with van der Waals surface area (Å²) in [5.74, 6) is 0. The van der Waals surface area contributed by atoms with Crippen LogP contribution < -0.4 is 0 Å². The van der Waals surface area contributed by atoms with E-state index < -0.39 is 0 Å². The number of nitrogens with zero attached hydrogens (tertiary/aromatic N) is 2. The summed E-state index contributed by atoms with van der Waals surface area (Å²) in [6.07, 6.45) is 1.94. The molecule has 110 valence electrons. The Morgan fingerprint density at radius 2 is 1.59 bits per heavy atom. The zero-order valence-corrected chi connectivity index (χ0v) is 13.2.